The first kappa shape index (κ1) is 27.8. The van der Waals surface area contributed by atoms with Crippen LogP contribution in [0.5, 0.6) is 0 Å². The van der Waals surface area contributed by atoms with Gasteiger partial charge in [0.1, 0.15) is 5.82 Å². The molecular formula is C32H32N4O5. The molecule has 0 spiro atoms. The van der Waals surface area contributed by atoms with Crippen LogP contribution >= 0.6 is 0 Å². The average molecular weight is 553 g/mol. The van der Waals surface area contributed by atoms with Crippen LogP contribution < -0.4 is 4.90 Å². The molecule has 1 fully saturated rings. The van der Waals surface area contributed by atoms with Crippen LogP contribution in [0.25, 0.3) is 11.0 Å². The zero-order valence-electron chi connectivity index (χ0n) is 23.2. The van der Waals surface area contributed by atoms with Gasteiger partial charge in [0, 0.05) is 49.9 Å². The summed E-state index contributed by atoms with van der Waals surface area (Å²) in [5, 5.41) is 0. The molecule has 0 saturated carbocycles. The topological polar surface area (TPSA) is 102 Å². The highest BCUT2D eigenvalue weighted by Crippen LogP contribution is 2.25. The Labute approximate surface area is 238 Å². The lowest BCUT2D eigenvalue weighted by Crippen LogP contribution is -2.26. The number of ketones is 1. The van der Waals surface area contributed by atoms with Crippen LogP contribution in [0, 0.1) is 0 Å². The summed E-state index contributed by atoms with van der Waals surface area (Å²) in [6.45, 7) is 1.99. The molecular weight excluding hydrogens is 520 g/mol. The molecule has 0 bridgehead atoms. The number of ether oxygens (including phenoxy) is 1. The third kappa shape index (κ3) is 6.04. The van der Waals surface area contributed by atoms with Crippen molar-refractivity contribution in [3.63, 3.8) is 0 Å². The second kappa shape index (κ2) is 12.2. The maximum atomic E-state index is 13.3. The van der Waals surface area contributed by atoms with Crippen molar-refractivity contribution in [1.82, 2.24) is 14.5 Å². The summed E-state index contributed by atoms with van der Waals surface area (Å²) in [7, 11) is 3.02. The molecule has 41 heavy (non-hydrogen) atoms. The van der Waals surface area contributed by atoms with Gasteiger partial charge in [0.25, 0.3) is 5.91 Å². The minimum absolute atomic E-state index is 0.0239. The smallest absolute Gasteiger partial charge is 0.337 e. The third-order valence-electron chi connectivity index (χ3n) is 7.43. The molecule has 1 aromatic heterocycles. The second-order valence-electron chi connectivity index (χ2n) is 10.1. The number of nitrogens with zero attached hydrogens (tertiary/aromatic N) is 4. The van der Waals surface area contributed by atoms with Crippen LogP contribution in [0.2, 0.25) is 0 Å². The number of Topliss-reactive ketones (excluding diaryl/α,β-unsaturated/α-hetero) is 1. The number of aromatic nitrogens is 2. The van der Waals surface area contributed by atoms with Crippen LogP contribution in [0.3, 0.4) is 0 Å². The number of hydrogen-bond donors (Lipinski definition) is 0. The molecule has 5 rings (SSSR count). The van der Waals surface area contributed by atoms with E-state index in [0.29, 0.717) is 59.7 Å². The van der Waals surface area contributed by atoms with E-state index in [1.807, 2.05) is 45.9 Å². The van der Waals surface area contributed by atoms with Crippen LogP contribution in [-0.2, 0) is 22.5 Å². The van der Waals surface area contributed by atoms with E-state index in [2.05, 4.69) is 0 Å². The quantitative estimate of drug-likeness (QED) is 0.212. The summed E-state index contributed by atoms with van der Waals surface area (Å²) >= 11 is 0. The van der Waals surface area contributed by atoms with E-state index in [9.17, 15) is 19.2 Å². The zero-order chi connectivity index (χ0) is 28.9. The van der Waals surface area contributed by atoms with Gasteiger partial charge in [-0.05, 0) is 55.3 Å². The Kier molecular flexibility index (Phi) is 8.24. The lowest BCUT2D eigenvalue weighted by molar-refractivity contribution is -0.127. The Hall–Kier alpha value is -4.79. The molecule has 4 aromatic rings. The standard InChI is InChI=1S/C32H32N4O5/c1-34(31(39)22-9-4-3-5-10-22)25-14-15-27-26(20-25)33-29(36(27)18-8-17-35-16-7-13-30(35)38)21-28(37)23-11-6-12-24(19-23)32(40)41-2/h3-6,9-12,14-15,19-20H,7-8,13,16-18,21H2,1-2H3. The van der Waals surface area contributed by atoms with Gasteiger partial charge in [-0.1, -0.05) is 30.3 Å². The number of likely N-dealkylation sites (tertiary alicyclic amines) is 1. The average Bonchev–Trinajstić information content (AvgIpc) is 3.58. The van der Waals surface area contributed by atoms with Gasteiger partial charge in [-0.25, -0.2) is 9.78 Å². The largest absolute Gasteiger partial charge is 0.465 e. The Morgan fingerprint density at radius 2 is 1.68 bits per heavy atom. The lowest BCUT2D eigenvalue weighted by atomic mass is 10.0. The normalized spacial score (nSPS) is 13.0. The van der Waals surface area contributed by atoms with Crippen molar-refractivity contribution in [3.8, 4) is 0 Å². The van der Waals surface area contributed by atoms with Crippen molar-refractivity contribution in [2.75, 3.05) is 32.1 Å². The molecule has 1 aliphatic rings. The summed E-state index contributed by atoms with van der Waals surface area (Å²) in [5.41, 5.74) is 3.47. The van der Waals surface area contributed by atoms with Gasteiger partial charge < -0.3 is 19.1 Å². The predicted molar refractivity (Wildman–Crippen MR) is 155 cm³/mol. The van der Waals surface area contributed by atoms with Crippen molar-refractivity contribution in [2.45, 2.75) is 32.2 Å². The van der Waals surface area contributed by atoms with Crippen LogP contribution in [0.15, 0.2) is 72.8 Å². The number of methoxy groups -OCH3 is 1. The van der Waals surface area contributed by atoms with Gasteiger partial charge in [-0.2, -0.15) is 0 Å². The number of amides is 2. The molecule has 2 amide bonds. The van der Waals surface area contributed by atoms with Crippen molar-refractivity contribution in [2.24, 2.45) is 0 Å². The van der Waals surface area contributed by atoms with E-state index in [-0.39, 0.29) is 24.0 Å². The van der Waals surface area contributed by atoms with Crippen LogP contribution in [0.4, 0.5) is 5.69 Å². The number of aryl methyl sites for hydroxylation is 1. The van der Waals surface area contributed by atoms with E-state index >= 15 is 0 Å². The summed E-state index contributed by atoms with van der Waals surface area (Å²) < 4.78 is 6.81. The van der Waals surface area contributed by atoms with E-state index in [1.54, 1.807) is 42.3 Å². The van der Waals surface area contributed by atoms with Crippen molar-refractivity contribution in [3.05, 3.63) is 95.3 Å². The molecule has 9 heteroatoms. The van der Waals surface area contributed by atoms with E-state index < -0.39 is 5.97 Å². The highest BCUT2D eigenvalue weighted by molar-refractivity contribution is 6.06. The minimum Gasteiger partial charge on any atom is -0.465 e. The molecule has 210 valence electrons. The number of carbonyl (C=O) groups is 4. The van der Waals surface area contributed by atoms with Crippen LogP contribution in [0.1, 0.15) is 56.2 Å². The number of imidazole rings is 1. The van der Waals surface area contributed by atoms with Crippen molar-refractivity contribution >= 4 is 40.3 Å². The van der Waals surface area contributed by atoms with Crippen molar-refractivity contribution in [1.29, 1.82) is 0 Å². The number of fused-ring (bicyclic) bond motifs is 1. The Morgan fingerprint density at radius 3 is 2.41 bits per heavy atom. The highest BCUT2D eigenvalue weighted by Gasteiger charge is 2.22. The van der Waals surface area contributed by atoms with E-state index in [0.717, 1.165) is 18.5 Å². The molecule has 1 aliphatic heterocycles. The fourth-order valence-electron chi connectivity index (χ4n) is 5.20. The van der Waals surface area contributed by atoms with E-state index in [4.69, 9.17) is 9.72 Å². The number of hydrogen-bond acceptors (Lipinski definition) is 6. The van der Waals surface area contributed by atoms with Gasteiger partial charge >= 0.3 is 5.97 Å². The first-order chi connectivity index (χ1) is 19.9. The first-order valence-electron chi connectivity index (χ1n) is 13.7. The Balaban J connectivity index is 1.44. The Bertz CT molecular complexity index is 1610. The first-order valence-corrected chi connectivity index (χ1v) is 13.7. The Morgan fingerprint density at radius 1 is 0.927 bits per heavy atom. The minimum atomic E-state index is -0.509. The number of carbonyl (C=O) groups excluding carboxylic acids is 4. The maximum absolute atomic E-state index is 13.3. The van der Waals surface area contributed by atoms with Gasteiger partial charge in [-0.15, -0.1) is 0 Å². The summed E-state index contributed by atoms with van der Waals surface area (Å²) in [4.78, 5) is 58.8. The molecule has 9 nitrogen and oxygen atoms in total. The molecule has 0 radical (unpaired) electrons. The zero-order valence-corrected chi connectivity index (χ0v) is 23.2. The number of esters is 1. The van der Waals surface area contributed by atoms with Gasteiger partial charge in [0.2, 0.25) is 5.91 Å². The van der Waals surface area contributed by atoms with Crippen LogP contribution in [-0.4, -0.2) is 65.3 Å². The second-order valence-corrected chi connectivity index (χ2v) is 10.1. The highest BCUT2D eigenvalue weighted by atomic mass is 16.5. The fourth-order valence-corrected chi connectivity index (χ4v) is 5.20. The van der Waals surface area contributed by atoms with Crippen molar-refractivity contribution < 1.29 is 23.9 Å². The molecule has 3 aromatic carbocycles. The molecule has 0 unspecified atom stereocenters. The molecule has 2 heterocycles. The van der Waals surface area contributed by atoms with E-state index in [1.165, 1.54) is 13.2 Å². The summed E-state index contributed by atoms with van der Waals surface area (Å²) in [6.07, 6.45) is 2.21. The lowest BCUT2D eigenvalue weighted by Gasteiger charge is -2.18. The van der Waals surface area contributed by atoms with Gasteiger partial charge in [0.15, 0.2) is 5.78 Å². The summed E-state index contributed by atoms with van der Waals surface area (Å²) in [6, 6.07) is 21.2. The summed E-state index contributed by atoms with van der Waals surface area (Å²) in [5.74, 6) is -0.0724. The molecule has 0 aliphatic carbocycles. The maximum Gasteiger partial charge on any atom is 0.337 e. The monoisotopic (exact) mass is 552 g/mol. The fraction of sp³-hybridized carbons (Fsp3) is 0.281. The predicted octanol–water partition coefficient (Wildman–Crippen LogP) is 4.54. The van der Waals surface area contributed by atoms with Gasteiger partial charge in [0.05, 0.1) is 30.1 Å². The molecule has 0 atom stereocenters. The molecule has 0 N–H and O–H groups in total. The SMILES string of the molecule is COC(=O)c1cccc(C(=O)Cc2nc3cc(N(C)C(=O)c4ccccc4)ccc3n2CCCN2CCCC2=O)c1. The number of anilines is 1. The third-order valence-corrected chi connectivity index (χ3v) is 7.43. The molecule has 1 saturated heterocycles. The van der Waals surface area contributed by atoms with Gasteiger partial charge in [-0.3, -0.25) is 14.4 Å². The number of benzene rings is 3. The number of rotatable bonds is 10.